The standard InChI is InChI=1S/C19H18F2N2O/c20-16-6-7-17(21)18(12-16)22-19(24)13-23-10-8-15(9-11-23)14-4-2-1-3-5-14/h1-8,12H,9-11,13H2,(H,22,24)/p+1. The average molecular weight is 329 g/mol. The Balaban J connectivity index is 1.57. The van der Waals surface area contributed by atoms with Gasteiger partial charge in [-0.3, -0.25) is 4.79 Å². The van der Waals surface area contributed by atoms with E-state index < -0.39 is 11.6 Å². The second kappa shape index (κ2) is 7.36. The molecule has 2 aromatic rings. The van der Waals surface area contributed by atoms with Gasteiger partial charge in [0.2, 0.25) is 0 Å². The summed E-state index contributed by atoms with van der Waals surface area (Å²) >= 11 is 0. The average Bonchev–Trinajstić information content (AvgIpc) is 2.59. The van der Waals surface area contributed by atoms with E-state index in [1.165, 1.54) is 11.1 Å². The van der Waals surface area contributed by atoms with Gasteiger partial charge in [-0.25, -0.2) is 8.78 Å². The molecule has 0 saturated heterocycles. The van der Waals surface area contributed by atoms with Crippen LogP contribution in [-0.2, 0) is 4.79 Å². The van der Waals surface area contributed by atoms with Crippen molar-refractivity contribution in [1.82, 2.24) is 0 Å². The lowest BCUT2D eigenvalue weighted by Crippen LogP contribution is -3.13. The molecule has 0 radical (unpaired) electrons. The quantitative estimate of drug-likeness (QED) is 0.886. The van der Waals surface area contributed by atoms with Gasteiger partial charge in [-0.05, 0) is 29.3 Å². The second-order valence-corrected chi connectivity index (χ2v) is 5.90. The highest BCUT2D eigenvalue weighted by molar-refractivity contribution is 5.91. The molecule has 2 N–H and O–H groups in total. The topological polar surface area (TPSA) is 33.5 Å². The molecule has 1 unspecified atom stereocenters. The van der Waals surface area contributed by atoms with Crippen LogP contribution in [0.15, 0.2) is 54.6 Å². The third-order valence-electron chi connectivity index (χ3n) is 4.14. The van der Waals surface area contributed by atoms with Crippen molar-refractivity contribution in [2.45, 2.75) is 6.42 Å². The summed E-state index contributed by atoms with van der Waals surface area (Å²) in [5.74, 6) is -1.52. The van der Waals surface area contributed by atoms with E-state index in [1.54, 1.807) is 0 Å². The van der Waals surface area contributed by atoms with Crippen LogP contribution < -0.4 is 10.2 Å². The summed E-state index contributed by atoms with van der Waals surface area (Å²) < 4.78 is 26.7. The van der Waals surface area contributed by atoms with Crippen LogP contribution in [0, 0.1) is 11.6 Å². The molecule has 0 bridgehead atoms. The van der Waals surface area contributed by atoms with Gasteiger partial charge in [0.1, 0.15) is 11.6 Å². The number of carbonyl (C=O) groups is 1. The fourth-order valence-corrected chi connectivity index (χ4v) is 2.87. The minimum atomic E-state index is -0.635. The van der Waals surface area contributed by atoms with Crippen molar-refractivity contribution in [1.29, 1.82) is 0 Å². The van der Waals surface area contributed by atoms with Gasteiger partial charge < -0.3 is 10.2 Å². The number of benzene rings is 2. The Morgan fingerprint density at radius 1 is 1.12 bits per heavy atom. The number of nitrogens with one attached hydrogen (secondary N) is 2. The Bertz CT molecular complexity index is 759. The van der Waals surface area contributed by atoms with Crippen molar-refractivity contribution in [2.75, 3.05) is 25.0 Å². The van der Waals surface area contributed by atoms with Crippen LogP contribution in [0.4, 0.5) is 14.5 Å². The molecule has 0 saturated carbocycles. The van der Waals surface area contributed by atoms with Gasteiger partial charge in [-0.2, -0.15) is 0 Å². The first kappa shape index (κ1) is 16.3. The van der Waals surface area contributed by atoms with Gasteiger partial charge in [-0.15, -0.1) is 0 Å². The summed E-state index contributed by atoms with van der Waals surface area (Å²) in [4.78, 5) is 13.2. The van der Waals surface area contributed by atoms with Crippen molar-refractivity contribution in [3.8, 4) is 0 Å². The fraction of sp³-hybridized carbons (Fsp3) is 0.211. The molecule has 2 aromatic carbocycles. The number of hydrogen-bond donors (Lipinski definition) is 2. The highest BCUT2D eigenvalue weighted by Gasteiger charge is 2.19. The lowest BCUT2D eigenvalue weighted by Gasteiger charge is -2.23. The monoisotopic (exact) mass is 329 g/mol. The van der Waals surface area contributed by atoms with Crippen LogP contribution in [0.25, 0.3) is 5.57 Å². The van der Waals surface area contributed by atoms with Gasteiger partial charge in [0.05, 0.1) is 18.8 Å². The first-order valence-corrected chi connectivity index (χ1v) is 7.95. The summed E-state index contributed by atoms with van der Waals surface area (Å²) in [5, 5.41) is 2.45. The summed E-state index contributed by atoms with van der Waals surface area (Å²) in [6, 6.07) is 13.2. The van der Waals surface area contributed by atoms with Crippen LogP contribution in [0.2, 0.25) is 0 Å². The first-order chi connectivity index (χ1) is 11.6. The molecule has 0 aliphatic carbocycles. The molecule has 1 aliphatic heterocycles. The molecular weight excluding hydrogens is 310 g/mol. The minimum Gasteiger partial charge on any atom is -0.324 e. The van der Waals surface area contributed by atoms with E-state index in [0.29, 0.717) is 0 Å². The molecule has 1 amide bonds. The number of amides is 1. The molecule has 5 heteroatoms. The van der Waals surface area contributed by atoms with E-state index >= 15 is 0 Å². The Kier molecular flexibility index (Phi) is 5.01. The molecule has 3 nitrogen and oxygen atoms in total. The molecule has 3 rings (SSSR count). The van der Waals surface area contributed by atoms with Crippen LogP contribution in [0.5, 0.6) is 0 Å². The molecule has 1 aliphatic rings. The van der Waals surface area contributed by atoms with Gasteiger partial charge in [0, 0.05) is 12.5 Å². The number of quaternary nitrogens is 1. The molecule has 1 heterocycles. The SMILES string of the molecule is O=C(C[NH+]1CC=C(c2ccccc2)CC1)Nc1cc(F)ccc1F. The predicted molar refractivity (Wildman–Crippen MR) is 89.6 cm³/mol. The maximum Gasteiger partial charge on any atom is 0.279 e. The summed E-state index contributed by atoms with van der Waals surface area (Å²) in [6.45, 7) is 1.80. The zero-order valence-corrected chi connectivity index (χ0v) is 13.2. The van der Waals surface area contributed by atoms with Crippen LogP contribution in [0.3, 0.4) is 0 Å². The van der Waals surface area contributed by atoms with Gasteiger partial charge in [-0.1, -0.05) is 30.3 Å². The van der Waals surface area contributed by atoms with Crippen molar-refractivity contribution >= 4 is 17.2 Å². The van der Waals surface area contributed by atoms with Crippen LogP contribution >= 0.6 is 0 Å². The Labute approximate surface area is 139 Å². The number of halogens is 2. The lowest BCUT2D eigenvalue weighted by atomic mass is 10.00. The van der Waals surface area contributed by atoms with Crippen molar-refractivity contribution in [2.24, 2.45) is 0 Å². The van der Waals surface area contributed by atoms with Crippen molar-refractivity contribution in [3.63, 3.8) is 0 Å². The molecule has 0 spiro atoms. The smallest absolute Gasteiger partial charge is 0.279 e. The molecule has 0 aromatic heterocycles. The van der Waals surface area contributed by atoms with E-state index in [9.17, 15) is 13.6 Å². The Hall–Kier alpha value is -2.53. The first-order valence-electron chi connectivity index (χ1n) is 7.95. The fourth-order valence-electron chi connectivity index (χ4n) is 2.87. The largest absolute Gasteiger partial charge is 0.324 e. The Morgan fingerprint density at radius 3 is 2.62 bits per heavy atom. The van der Waals surface area contributed by atoms with E-state index in [0.717, 1.165) is 42.6 Å². The number of anilines is 1. The third-order valence-corrected chi connectivity index (χ3v) is 4.14. The Morgan fingerprint density at radius 2 is 1.92 bits per heavy atom. The molecule has 1 atom stereocenters. The van der Waals surface area contributed by atoms with Crippen LogP contribution in [0.1, 0.15) is 12.0 Å². The van der Waals surface area contributed by atoms with Gasteiger partial charge >= 0.3 is 0 Å². The van der Waals surface area contributed by atoms with Gasteiger partial charge in [0.25, 0.3) is 5.91 Å². The normalized spacial score (nSPS) is 17.2. The highest BCUT2D eigenvalue weighted by atomic mass is 19.1. The highest BCUT2D eigenvalue weighted by Crippen LogP contribution is 2.18. The van der Waals surface area contributed by atoms with E-state index in [2.05, 4.69) is 23.5 Å². The molecule has 0 fully saturated rings. The molecular formula is C19H19F2N2O+. The second-order valence-electron chi connectivity index (χ2n) is 5.90. The number of rotatable bonds is 4. The number of carbonyl (C=O) groups excluding carboxylic acids is 1. The zero-order valence-electron chi connectivity index (χ0n) is 13.2. The minimum absolute atomic E-state index is 0.114. The van der Waals surface area contributed by atoms with E-state index in [-0.39, 0.29) is 18.1 Å². The van der Waals surface area contributed by atoms with E-state index in [1.807, 2.05) is 18.2 Å². The lowest BCUT2D eigenvalue weighted by molar-refractivity contribution is -0.886. The van der Waals surface area contributed by atoms with Crippen molar-refractivity contribution < 1.29 is 18.5 Å². The van der Waals surface area contributed by atoms with E-state index in [4.69, 9.17) is 0 Å². The molecule has 24 heavy (non-hydrogen) atoms. The van der Waals surface area contributed by atoms with Crippen molar-refractivity contribution in [3.05, 3.63) is 71.8 Å². The third kappa shape index (κ3) is 4.06. The molecule has 124 valence electrons. The maximum atomic E-state index is 13.5. The maximum absolute atomic E-state index is 13.5. The summed E-state index contributed by atoms with van der Waals surface area (Å²) in [6.07, 6.45) is 3.03. The zero-order chi connectivity index (χ0) is 16.9. The number of hydrogen-bond acceptors (Lipinski definition) is 1. The summed E-state index contributed by atoms with van der Waals surface area (Å²) in [5.41, 5.74) is 2.38. The summed E-state index contributed by atoms with van der Waals surface area (Å²) in [7, 11) is 0. The predicted octanol–water partition coefficient (Wildman–Crippen LogP) is 2.28. The van der Waals surface area contributed by atoms with Crippen LogP contribution in [-0.4, -0.2) is 25.5 Å². The van der Waals surface area contributed by atoms with Gasteiger partial charge in [0.15, 0.2) is 6.54 Å².